The molecular weight excluding hydrogens is 466 g/mol. The molecule has 2 N–H and O–H groups in total. The lowest BCUT2D eigenvalue weighted by molar-refractivity contribution is 0.174. The van der Waals surface area contributed by atoms with Gasteiger partial charge in [-0.05, 0) is 61.3 Å². The molecule has 2 aliphatic rings. The number of aromatic nitrogens is 2. The van der Waals surface area contributed by atoms with Crippen molar-refractivity contribution in [1.82, 2.24) is 13.6 Å². The highest BCUT2D eigenvalue weighted by atomic mass is 32.2. The van der Waals surface area contributed by atoms with Crippen LogP contribution in [0.25, 0.3) is 0 Å². The quantitative estimate of drug-likeness (QED) is 0.348. The summed E-state index contributed by atoms with van der Waals surface area (Å²) >= 11 is -1.43. The second-order valence-corrected chi connectivity index (χ2v) is 9.69. The van der Waals surface area contributed by atoms with Gasteiger partial charge < -0.3 is 18.8 Å². The number of fused-ring (bicyclic) bond motifs is 1. The Kier molecular flexibility index (Phi) is 7.82. The van der Waals surface area contributed by atoms with E-state index in [0.717, 1.165) is 35.8 Å². The number of ether oxygens (including phenoxy) is 3. The molecule has 1 fully saturated rings. The summed E-state index contributed by atoms with van der Waals surface area (Å²) in [7, 11) is 0. The van der Waals surface area contributed by atoms with Crippen LogP contribution in [-0.2, 0) is 13.1 Å². The number of nitrogens with one attached hydrogen (secondary N) is 2. The van der Waals surface area contributed by atoms with E-state index in [2.05, 4.69) is 41.8 Å². The van der Waals surface area contributed by atoms with E-state index >= 15 is 0 Å². The van der Waals surface area contributed by atoms with Gasteiger partial charge in [0.1, 0.15) is 16.9 Å². The third kappa shape index (κ3) is 6.53. The molecule has 0 saturated carbocycles. The van der Waals surface area contributed by atoms with E-state index in [4.69, 9.17) is 14.2 Å². The van der Waals surface area contributed by atoms with Crippen molar-refractivity contribution >= 4 is 11.1 Å². The molecule has 186 valence electrons. The van der Waals surface area contributed by atoms with Gasteiger partial charge in [-0.1, -0.05) is 24.6 Å². The van der Waals surface area contributed by atoms with Crippen LogP contribution < -0.4 is 25.2 Å². The van der Waals surface area contributed by atoms with E-state index in [9.17, 15) is 4.55 Å². The number of rotatable bonds is 9. The normalized spacial score (nSPS) is 17.2. The zero-order valence-corrected chi connectivity index (χ0v) is 20.5. The summed E-state index contributed by atoms with van der Waals surface area (Å²) in [4.78, 5) is 11.6. The van der Waals surface area contributed by atoms with Crippen LogP contribution in [-0.4, -0.2) is 51.2 Å². The molecule has 0 spiro atoms. The van der Waals surface area contributed by atoms with E-state index in [0.29, 0.717) is 30.7 Å². The van der Waals surface area contributed by atoms with Gasteiger partial charge in [0.2, 0.25) is 17.8 Å². The van der Waals surface area contributed by atoms with E-state index < -0.39 is 11.1 Å². The lowest BCUT2D eigenvalue weighted by Gasteiger charge is -2.26. The van der Waals surface area contributed by atoms with Crippen molar-refractivity contribution in [2.45, 2.75) is 38.8 Å². The Hall–Kier alpha value is -3.08. The van der Waals surface area contributed by atoms with Gasteiger partial charge in [-0.25, -0.2) is 0 Å². The first-order valence-electron chi connectivity index (χ1n) is 12.1. The van der Waals surface area contributed by atoms with Crippen LogP contribution in [0.2, 0.25) is 0 Å². The zero-order valence-electron chi connectivity index (χ0n) is 19.7. The van der Waals surface area contributed by atoms with Crippen molar-refractivity contribution < 1.29 is 18.8 Å². The summed E-state index contributed by atoms with van der Waals surface area (Å²) < 4.78 is 34.3. The van der Waals surface area contributed by atoms with Crippen molar-refractivity contribution in [2.24, 2.45) is 9.98 Å². The first kappa shape index (κ1) is 23.7. The Balaban J connectivity index is 1.13. The maximum atomic E-state index is 11.9. The molecule has 2 aliphatic heterocycles. The van der Waals surface area contributed by atoms with Gasteiger partial charge in [0.25, 0.3) is 0 Å². The average molecular weight is 498 g/mol. The minimum atomic E-state index is -1.43. The van der Waals surface area contributed by atoms with Gasteiger partial charge in [0.05, 0.1) is 13.2 Å². The highest BCUT2D eigenvalue weighted by Crippen LogP contribution is 2.32. The van der Waals surface area contributed by atoms with E-state index in [1.807, 2.05) is 24.3 Å². The molecule has 10 heteroatoms. The summed E-state index contributed by atoms with van der Waals surface area (Å²) in [5.41, 5.74) is 3.26. The molecule has 0 bridgehead atoms. The van der Waals surface area contributed by atoms with Gasteiger partial charge in [-0.2, -0.15) is 8.75 Å². The molecule has 35 heavy (non-hydrogen) atoms. The molecule has 1 aromatic heterocycles. The van der Waals surface area contributed by atoms with Crippen molar-refractivity contribution in [3.05, 3.63) is 64.6 Å². The Morgan fingerprint density at radius 3 is 2.66 bits per heavy atom. The van der Waals surface area contributed by atoms with Crippen molar-refractivity contribution in [3.8, 4) is 17.2 Å². The van der Waals surface area contributed by atoms with Gasteiger partial charge in [0, 0.05) is 19.5 Å². The van der Waals surface area contributed by atoms with Crippen LogP contribution in [0, 0.1) is 0 Å². The first-order chi connectivity index (χ1) is 17.2. The molecule has 9 nitrogen and oxygen atoms in total. The second-order valence-electron chi connectivity index (χ2n) is 8.74. The number of benzene rings is 2. The molecule has 1 atom stereocenters. The predicted molar refractivity (Wildman–Crippen MR) is 132 cm³/mol. The zero-order chi connectivity index (χ0) is 23.9. The molecule has 1 unspecified atom stereocenters. The molecule has 1 saturated heterocycles. The third-order valence-corrected chi connectivity index (χ3v) is 6.81. The molecule has 0 aliphatic carbocycles. The first-order valence-corrected chi connectivity index (χ1v) is 13.2. The van der Waals surface area contributed by atoms with Crippen LogP contribution in [0.4, 0.5) is 0 Å². The van der Waals surface area contributed by atoms with Crippen molar-refractivity contribution in [2.75, 3.05) is 33.0 Å². The molecule has 3 aromatic rings. The topological polar surface area (TPSA) is 110 Å². The Bertz CT molecular complexity index is 1260. The highest BCUT2D eigenvalue weighted by molar-refractivity contribution is 7.13. The van der Waals surface area contributed by atoms with Crippen molar-refractivity contribution in [1.29, 1.82) is 0 Å². The summed E-state index contributed by atoms with van der Waals surface area (Å²) in [5, 5.41) is 0. The monoisotopic (exact) mass is 497 g/mol. The SMILES string of the molecule is [O-][s+]1[nH]c(=NCCCOc2cccc(CN3CCCCC3)c2)c(=NCc2ccc3c(c2)OCO3)[nH]1. The third-order valence-electron chi connectivity index (χ3n) is 6.05. The van der Waals surface area contributed by atoms with Gasteiger partial charge in [0.15, 0.2) is 11.5 Å². The standard InChI is InChI=1S/C25H31N5O4S/c31-35-28-24(25(29-35)27-16-19-8-9-22-23(15-19)34-18-33-22)26-10-5-13-32-21-7-4-6-20(14-21)17-30-11-2-1-3-12-30/h4,6-9,14-15H,1-3,5,10-13,16-18H2,(H,26,28)(H,27,29). The van der Waals surface area contributed by atoms with Gasteiger partial charge in [-0.15, -0.1) is 0 Å². The summed E-state index contributed by atoms with van der Waals surface area (Å²) in [6, 6.07) is 14.1. The van der Waals surface area contributed by atoms with Gasteiger partial charge >= 0.3 is 0 Å². The molecule has 0 amide bonds. The summed E-state index contributed by atoms with van der Waals surface area (Å²) in [6.45, 7) is 5.09. The molecule has 2 aromatic carbocycles. The number of aromatic amines is 2. The Morgan fingerprint density at radius 2 is 1.77 bits per heavy atom. The van der Waals surface area contributed by atoms with Crippen molar-refractivity contribution in [3.63, 3.8) is 0 Å². The van der Waals surface area contributed by atoms with Crippen LogP contribution in [0.15, 0.2) is 52.4 Å². The number of nitrogens with zero attached hydrogens (tertiary/aromatic N) is 3. The fraction of sp³-hybridized carbons (Fsp3) is 0.440. The van der Waals surface area contributed by atoms with E-state index in [-0.39, 0.29) is 6.79 Å². The molecule has 0 radical (unpaired) electrons. The minimum absolute atomic E-state index is 0.238. The Morgan fingerprint density at radius 1 is 0.943 bits per heavy atom. The Labute approximate surface area is 207 Å². The van der Waals surface area contributed by atoms with Crippen LogP contribution in [0.5, 0.6) is 17.2 Å². The lowest BCUT2D eigenvalue weighted by Crippen LogP contribution is -2.29. The van der Waals surface area contributed by atoms with Gasteiger partial charge in [-0.3, -0.25) is 14.9 Å². The number of H-pyrrole nitrogens is 2. The lowest BCUT2D eigenvalue weighted by atomic mass is 10.1. The fourth-order valence-corrected chi connectivity index (χ4v) is 5.00. The second kappa shape index (κ2) is 11.6. The average Bonchev–Trinajstić information content (AvgIpc) is 3.49. The number of hydrogen-bond donors (Lipinski definition) is 2. The van der Waals surface area contributed by atoms with E-state index in [1.54, 1.807) is 0 Å². The molecule has 5 rings (SSSR count). The van der Waals surface area contributed by atoms with Crippen LogP contribution in [0.1, 0.15) is 36.8 Å². The number of piperidine rings is 1. The predicted octanol–water partition coefficient (Wildman–Crippen LogP) is 3.26. The summed E-state index contributed by atoms with van der Waals surface area (Å²) in [6.07, 6.45) is 4.67. The number of likely N-dealkylation sites (tertiary alicyclic amines) is 1. The maximum Gasteiger partial charge on any atom is 0.231 e. The maximum absolute atomic E-state index is 11.9. The fourth-order valence-electron chi connectivity index (χ4n) is 4.28. The van der Waals surface area contributed by atoms with E-state index in [1.165, 1.54) is 37.9 Å². The minimum Gasteiger partial charge on any atom is -0.549 e. The molecule has 3 heterocycles. The number of hydrogen-bond acceptors (Lipinski definition) is 7. The highest BCUT2D eigenvalue weighted by Gasteiger charge is 2.13. The smallest absolute Gasteiger partial charge is 0.231 e. The summed E-state index contributed by atoms with van der Waals surface area (Å²) in [5.74, 6) is 2.34. The van der Waals surface area contributed by atoms with Crippen LogP contribution >= 0.6 is 11.1 Å². The molecular formula is C25H31N5O4S. The largest absolute Gasteiger partial charge is 0.549 e. The van der Waals surface area contributed by atoms with Crippen LogP contribution in [0.3, 0.4) is 0 Å².